The van der Waals surface area contributed by atoms with Crippen molar-refractivity contribution in [2.75, 3.05) is 18.0 Å². The molecule has 0 aliphatic rings. The lowest BCUT2D eigenvalue weighted by molar-refractivity contribution is 0.0945. The first-order valence-corrected chi connectivity index (χ1v) is 8.00. The monoisotopic (exact) mass is 313 g/mol. The molecule has 0 bridgehead atoms. The van der Waals surface area contributed by atoms with E-state index in [1.54, 1.807) is 18.5 Å². The van der Waals surface area contributed by atoms with Crippen LogP contribution in [0.15, 0.2) is 36.7 Å². The van der Waals surface area contributed by atoms with Gasteiger partial charge >= 0.3 is 0 Å². The van der Waals surface area contributed by atoms with Crippen LogP contribution in [-0.4, -0.2) is 33.9 Å². The van der Waals surface area contributed by atoms with Crippen molar-refractivity contribution in [1.29, 1.82) is 0 Å². The molecule has 0 radical (unpaired) electrons. The predicted molar refractivity (Wildman–Crippen MR) is 90.2 cm³/mol. The molecule has 0 spiro atoms. The average molecular weight is 313 g/mol. The summed E-state index contributed by atoms with van der Waals surface area (Å²) < 4.78 is 0. The molecule has 0 unspecified atom stereocenters. The van der Waals surface area contributed by atoms with E-state index < -0.39 is 0 Å². The van der Waals surface area contributed by atoms with E-state index in [1.165, 1.54) is 0 Å². The van der Waals surface area contributed by atoms with Gasteiger partial charge in [-0.3, -0.25) is 9.78 Å². The molecule has 0 aliphatic carbocycles. The van der Waals surface area contributed by atoms with Crippen LogP contribution >= 0.6 is 0 Å². The Bertz CT molecular complexity index is 611. The largest absolute Gasteiger partial charge is 0.345 e. The Morgan fingerprint density at radius 2 is 1.87 bits per heavy atom. The number of aromatic nitrogens is 3. The Balaban J connectivity index is 2.04. The highest BCUT2D eigenvalue weighted by Gasteiger charge is 2.12. The SMILES string of the molecule is CCCN(CCC)c1nccc(C(=O)NCc2ccccn2)n1. The first-order chi connectivity index (χ1) is 11.2. The van der Waals surface area contributed by atoms with Crippen molar-refractivity contribution in [1.82, 2.24) is 20.3 Å². The molecular formula is C17H23N5O. The van der Waals surface area contributed by atoms with Crippen molar-refractivity contribution in [3.63, 3.8) is 0 Å². The van der Waals surface area contributed by atoms with Gasteiger partial charge in [-0.1, -0.05) is 19.9 Å². The van der Waals surface area contributed by atoms with Crippen LogP contribution in [0.3, 0.4) is 0 Å². The standard InChI is InChI=1S/C17H23N5O/c1-3-11-22(12-4-2)17-19-10-8-15(21-17)16(23)20-13-14-7-5-6-9-18-14/h5-10H,3-4,11-13H2,1-2H3,(H,20,23). The van der Waals surface area contributed by atoms with Crippen molar-refractivity contribution in [3.05, 3.63) is 48.0 Å². The molecule has 0 fully saturated rings. The van der Waals surface area contributed by atoms with Gasteiger partial charge in [-0.25, -0.2) is 9.97 Å². The van der Waals surface area contributed by atoms with Crippen LogP contribution in [0, 0.1) is 0 Å². The Morgan fingerprint density at radius 3 is 2.52 bits per heavy atom. The van der Waals surface area contributed by atoms with Crippen LogP contribution in [0.2, 0.25) is 0 Å². The lowest BCUT2D eigenvalue weighted by Crippen LogP contribution is -2.29. The number of anilines is 1. The Kier molecular flexibility index (Phi) is 6.47. The second-order valence-corrected chi connectivity index (χ2v) is 5.23. The van der Waals surface area contributed by atoms with Crippen LogP contribution in [0.4, 0.5) is 5.95 Å². The van der Waals surface area contributed by atoms with Crippen molar-refractivity contribution < 1.29 is 4.79 Å². The minimum Gasteiger partial charge on any atom is -0.345 e. The molecule has 0 saturated carbocycles. The number of carbonyl (C=O) groups excluding carboxylic acids is 1. The highest BCUT2D eigenvalue weighted by Crippen LogP contribution is 2.09. The number of pyridine rings is 1. The van der Waals surface area contributed by atoms with Crippen LogP contribution in [0.5, 0.6) is 0 Å². The fourth-order valence-electron chi connectivity index (χ4n) is 2.24. The quantitative estimate of drug-likeness (QED) is 0.810. The molecule has 2 heterocycles. The van der Waals surface area contributed by atoms with E-state index in [4.69, 9.17) is 0 Å². The topological polar surface area (TPSA) is 71.0 Å². The van der Waals surface area contributed by atoms with Gasteiger partial charge in [0.05, 0.1) is 12.2 Å². The van der Waals surface area contributed by atoms with Gasteiger partial charge in [0.2, 0.25) is 5.95 Å². The molecule has 0 atom stereocenters. The van der Waals surface area contributed by atoms with E-state index in [0.717, 1.165) is 31.6 Å². The minimum atomic E-state index is -0.216. The van der Waals surface area contributed by atoms with E-state index in [9.17, 15) is 4.79 Å². The van der Waals surface area contributed by atoms with Crippen molar-refractivity contribution in [3.8, 4) is 0 Å². The number of amides is 1. The maximum Gasteiger partial charge on any atom is 0.270 e. The van der Waals surface area contributed by atoms with Crippen molar-refractivity contribution >= 4 is 11.9 Å². The molecule has 6 nitrogen and oxygen atoms in total. The maximum atomic E-state index is 12.3. The zero-order chi connectivity index (χ0) is 16.5. The van der Waals surface area contributed by atoms with E-state index in [0.29, 0.717) is 18.2 Å². The zero-order valence-corrected chi connectivity index (χ0v) is 13.7. The average Bonchev–Trinajstić information content (AvgIpc) is 2.60. The molecule has 0 aromatic carbocycles. The van der Waals surface area contributed by atoms with Gasteiger partial charge in [0.1, 0.15) is 5.69 Å². The molecule has 1 N–H and O–H groups in total. The first kappa shape index (κ1) is 16.9. The third-order valence-corrected chi connectivity index (χ3v) is 3.30. The van der Waals surface area contributed by atoms with Crippen molar-refractivity contribution in [2.45, 2.75) is 33.2 Å². The molecule has 2 aromatic heterocycles. The summed E-state index contributed by atoms with van der Waals surface area (Å²) >= 11 is 0. The number of rotatable bonds is 8. The third-order valence-electron chi connectivity index (χ3n) is 3.30. The Labute approximate surface area is 137 Å². The summed E-state index contributed by atoms with van der Waals surface area (Å²) in [5.74, 6) is 0.395. The molecule has 23 heavy (non-hydrogen) atoms. The molecule has 2 rings (SSSR count). The summed E-state index contributed by atoms with van der Waals surface area (Å²) in [6.45, 7) is 6.38. The van der Waals surface area contributed by atoms with Gasteiger partial charge in [-0.15, -0.1) is 0 Å². The summed E-state index contributed by atoms with van der Waals surface area (Å²) in [7, 11) is 0. The zero-order valence-electron chi connectivity index (χ0n) is 13.7. The van der Waals surface area contributed by atoms with Crippen LogP contribution in [0.25, 0.3) is 0 Å². The van der Waals surface area contributed by atoms with Crippen molar-refractivity contribution in [2.24, 2.45) is 0 Å². The molecule has 2 aromatic rings. The van der Waals surface area contributed by atoms with Gasteiger partial charge in [-0.2, -0.15) is 0 Å². The number of carbonyl (C=O) groups is 1. The second kappa shape index (κ2) is 8.82. The van der Waals surface area contributed by atoms with E-state index in [2.05, 4.69) is 39.0 Å². The van der Waals surface area contributed by atoms with Gasteiger partial charge in [-0.05, 0) is 31.0 Å². The normalized spacial score (nSPS) is 10.3. The molecule has 0 aliphatic heterocycles. The van der Waals surface area contributed by atoms with E-state index in [1.807, 2.05) is 18.2 Å². The lowest BCUT2D eigenvalue weighted by Gasteiger charge is -2.21. The summed E-state index contributed by atoms with van der Waals surface area (Å²) in [6, 6.07) is 7.24. The lowest BCUT2D eigenvalue weighted by atomic mass is 10.3. The molecule has 0 saturated heterocycles. The molecule has 1 amide bonds. The third kappa shape index (κ3) is 5.02. The van der Waals surface area contributed by atoms with E-state index >= 15 is 0 Å². The number of hydrogen-bond acceptors (Lipinski definition) is 5. The minimum absolute atomic E-state index is 0.216. The maximum absolute atomic E-state index is 12.3. The number of hydrogen-bond donors (Lipinski definition) is 1. The van der Waals surface area contributed by atoms with E-state index in [-0.39, 0.29) is 5.91 Å². The fourth-order valence-corrected chi connectivity index (χ4v) is 2.24. The summed E-state index contributed by atoms with van der Waals surface area (Å²) in [5, 5.41) is 2.84. The van der Waals surface area contributed by atoms with Gasteiger partial charge in [0.25, 0.3) is 5.91 Å². The summed E-state index contributed by atoms with van der Waals surface area (Å²) in [4.78, 5) is 27.3. The number of nitrogens with one attached hydrogen (secondary N) is 1. The highest BCUT2D eigenvalue weighted by molar-refractivity contribution is 5.92. The predicted octanol–water partition coefficient (Wildman–Crippen LogP) is 2.43. The Hall–Kier alpha value is -2.50. The van der Waals surface area contributed by atoms with Crippen LogP contribution in [-0.2, 0) is 6.54 Å². The summed E-state index contributed by atoms with van der Waals surface area (Å²) in [5.41, 5.74) is 1.19. The first-order valence-electron chi connectivity index (χ1n) is 8.00. The van der Waals surface area contributed by atoms with Gasteiger partial charge in [0.15, 0.2) is 0 Å². The molecule has 6 heteroatoms. The van der Waals surface area contributed by atoms with Crippen LogP contribution < -0.4 is 10.2 Å². The fraction of sp³-hybridized carbons (Fsp3) is 0.412. The smallest absolute Gasteiger partial charge is 0.270 e. The summed E-state index contributed by atoms with van der Waals surface area (Å²) in [6.07, 6.45) is 5.37. The van der Waals surface area contributed by atoms with Crippen LogP contribution in [0.1, 0.15) is 42.9 Å². The molecular weight excluding hydrogens is 290 g/mol. The number of nitrogens with zero attached hydrogens (tertiary/aromatic N) is 4. The highest BCUT2D eigenvalue weighted by atomic mass is 16.1. The second-order valence-electron chi connectivity index (χ2n) is 5.23. The van der Waals surface area contributed by atoms with Gasteiger partial charge in [0, 0.05) is 25.5 Å². The van der Waals surface area contributed by atoms with Gasteiger partial charge < -0.3 is 10.2 Å². The molecule has 122 valence electrons. The Morgan fingerprint density at radius 1 is 1.09 bits per heavy atom.